The van der Waals surface area contributed by atoms with Gasteiger partial charge in [0.05, 0.1) is 5.92 Å². The Morgan fingerprint density at radius 2 is 2.07 bits per heavy atom. The Morgan fingerprint density at radius 1 is 1.29 bits per heavy atom. The van der Waals surface area contributed by atoms with E-state index in [0.29, 0.717) is 37.8 Å². The maximum Gasteiger partial charge on any atom is 0.341 e. The molecule has 28 heavy (non-hydrogen) atoms. The predicted octanol–water partition coefficient (Wildman–Crippen LogP) is 1.84. The number of amides is 3. The van der Waals surface area contributed by atoms with Gasteiger partial charge in [-0.25, -0.2) is 9.59 Å². The molecule has 0 aliphatic carbocycles. The number of rotatable bonds is 8. The number of carboxylic acid groups (broad SMARTS) is 1. The van der Waals surface area contributed by atoms with E-state index in [2.05, 4.69) is 10.6 Å². The molecule has 1 heterocycles. The van der Waals surface area contributed by atoms with Crippen molar-refractivity contribution in [2.24, 2.45) is 11.8 Å². The average Bonchev–Trinajstić information content (AvgIpc) is 2.69. The first-order chi connectivity index (χ1) is 13.3. The summed E-state index contributed by atoms with van der Waals surface area (Å²) in [5.41, 5.74) is 0.818. The molecule has 3 N–H and O–H groups in total. The fourth-order valence-corrected chi connectivity index (χ4v) is 3.00. The Bertz CT molecular complexity index is 692. The molecule has 1 atom stereocenters. The standard InChI is InChI=1S/C20H29N3O5/c1-14(2)10-22-20(27)23-8-4-6-16(12-23)19(26)21-11-15-5-3-7-17(9-15)28-13-18(24)25/h3,5,7,9,14,16H,4,6,8,10-13H2,1-2H3,(H,21,26)(H,22,27)(H,24,25). The largest absolute Gasteiger partial charge is 0.482 e. The zero-order chi connectivity index (χ0) is 20.5. The highest BCUT2D eigenvalue weighted by molar-refractivity contribution is 5.80. The van der Waals surface area contributed by atoms with Gasteiger partial charge in [-0.05, 0) is 36.5 Å². The number of urea groups is 1. The molecule has 1 fully saturated rings. The van der Waals surface area contributed by atoms with E-state index < -0.39 is 12.6 Å². The van der Waals surface area contributed by atoms with Gasteiger partial charge in [0.25, 0.3) is 0 Å². The number of carboxylic acids is 1. The second-order valence-corrected chi connectivity index (χ2v) is 7.41. The first-order valence-electron chi connectivity index (χ1n) is 9.59. The molecule has 3 amide bonds. The molecule has 8 nitrogen and oxygen atoms in total. The Balaban J connectivity index is 1.83. The van der Waals surface area contributed by atoms with Crippen LogP contribution in [0.5, 0.6) is 5.75 Å². The minimum atomic E-state index is -1.04. The SMILES string of the molecule is CC(C)CNC(=O)N1CCCC(C(=O)NCc2cccc(OCC(=O)O)c2)C1. The van der Waals surface area contributed by atoms with Crippen LogP contribution in [0.2, 0.25) is 0 Å². The molecule has 1 aliphatic rings. The molecule has 154 valence electrons. The van der Waals surface area contributed by atoms with Crippen LogP contribution in [0.15, 0.2) is 24.3 Å². The highest BCUT2D eigenvalue weighted by Gasteiger charge is 2.28. The molecule has 1 unspecified atom stereocenters. The number of ether oxygens (including phenoxy) is 1. The number of benzene rings is 1. The Labute approximate surface area is 165 Å². The lowest BCUT2D eigenvalue weighted by Crippen LogP contribution is -2.49. The van der Waals surface area contributed by atoms with E-state index in [4.69, 9.17) is 9.84 Å². The van der Waals surface area contributed by atoms with Gasteiger partial charge in [-0.2, -0.15) is 0 Å². The van der Waals surface area contributed by atoms with E-state index in [1.807, 2.05) is 19.9 Å². The highest BCUT2D eigenvalue weighted by atomic mass is 16.5. The molecular formula is C20H29N3O5. The van der Waals surface area contributed by atoms with Gasteiger partial charge in [0.1, 0.15) is 5.75 Å². The zero-order valence-electron chi connectivity index (χ0n) is 16.4. The summed E-state index contributed by atoms with van der Waals surface area (Å²) in [6.45, 7) is 5.68. The topological polar surface area (TPSA) is 108 Å². The number of hydrogen-bond acceptors (Lipinski definition) is 4. The molecule has 0 spiro atoms. The third-order valence-electron chi connectivity index (χ3n) is 4.47. The number of hydrogen-bond donors (Lipinski definition) is 3. The summed E-state index contributed by atoms with van der Waals surface area (Å²) in [6, 6.07) is 6.84. The van der Waals surface area contributed by atoms with E-state index in [0.717, 1.165) is 18.4 Å². The monoisotopic (exact) mass is 391 g/mol. The van der Waals surface area contributed by atoms with Crippen LogP contribution in [0.25, 0.3) is 0 Å². The predicted molar refractivity (Wildman–Crippen MR) is 104 cm³/mol. The minimum Gasteiger partial charge on any atom is -0.482 e. The molecule has 2 rings (SSSR count). The van der Waals surface area contributed by atoms with E-state index in [9.17, 15) is 14.4 Å². The number of nitrogens with zero attached hydrogens (tertiary/aromatic N) is 1. The van der Waals surface area contributed by atoms with Gasteiger partial charge in [0, 0.05) is 26.2 Å². The van der Waals surface area contributed by atoms with E-state index in [1.165, 1.54) is 0 Å². The number of nitrogens with one attached hydrogen (secondary N) is 2. The summed E-state index contributed by atoms with van der Waals surface area (Å²) < 4.78 is 5.15. The van der Waals surface area contributed by atoms with Crippen LogP contribution in [0.4, 0.5) is 4.79 Å². The molecular weight excluding hydrogens is 362 g/mol. The normalized spacial score (nSPS) is 16.5. The van der Waals surface area contributed by atoms with E-state index in [1.54, 1.807) is 23.1 Å². The van der Waals surface area contributed by atoms with Gasteiger partial charge in [-0.3, -0.25) is 4.79 Å². The first-order valence-corrected chi connectivity index (χ1v) is 9.59. The fraction of sp³-hybridized carbons (Fsp3) is 0.550. The molecule has 0 radical (unpaired) electrons. The van der Waals surface area contributed by atoms with Crippen LogP contribution < -0.4 is 15.4 Å². The summed E-state index contributed by atoms with van der Waals surface area (Å²) in [5, 5.41) is 14.5. The maximum absolute atomic E-state index is 12.5. The van der Waals surface area contributed by atoms with Gasteiger partial charge in [0.15, 0.2) is 6.61 Å². The van der Waals surface area contributed by atoms with Crippen LogP contribution in [0.1, 0.15) is 32.3 Å². The lowest BCUT2D eigenvalue weighted by Gasteiger charge is -2.32. The average molecular weight is 391 g/mol. The fourth-order valence-electron chi connectivity index (χ4n) is 3.00. The molecule has 0 aromatic heterocycles. The second kappa shape index (κ2) is 10.5. The van der Waals surface area contributed by atoms with Crippen molar-refractivity contribution < 1.29 is 24.2 Å². The summed E-state index contributed by atoms with van der Waals surface area (Å²) in [4.78, 5) is 37.0. The number of likely N-dealkylation sites (tertiary alicyclic amines) is 1. The molecule has 1 aliphatic heterocycles. The van der Waals surface area contributed by atoms with Gasteiger partial charge in [-0.1, -0.05) is 26.0 Å². The second-order valence-electron chi connectivity index (χ2n) is 7.41. The summed E-state index contributed by atoms with van der Waals surface area (Å²) in [6.07, 6.45) is 1.55. The molecule has 8 heteroatoms. The summed E-state index contributed by atoms with van der Waals surface area (Å²) in [5.74, 6) is -0.538. The quantitative estimate of drug-likeness (QED) is 0.627. The van der Waals surface area contributed by atoms with E-state index >= 15 is 0 Å². The molecule has 1 aromatic rings. The Hall–Kier alpha value is -2.77. The van der Waals surface area contributed by atoms with Crippen molar-refractivity contribution >= 4 is 17.9 Å². The van der Waals surface area contributed by atoms with Crippen molar-refractivity contribution in [3.05, 3.63) is 29.8 Å². The van der Waals surface area contributed by atoms with Gasteiger partial charge >= 0.3 is 12.0 Å². The Kier molecular flexibility index (Phi) is 8.10. The third kappa shape index (κ3) is 7.09. The maximum atomic E-state index is 12.5. The van der Waals surface area contributed by atoms with Gasteiger partial charge in [-0.15, -0.1) is 0 Å². The van der Waals surface area contributed by atoms with Gasteiger partial charge < -0.3 is 25.4 Å². The van der Waals surface area contributed by atoms with Crippen molar-refractivity contribution in [3.8, 4) is 5.75 Å². The van der Waals surface area contributed by atoms with Crippen LogP contribution in [0.3, 0.4) is 0 Å². The number of carbonyl (C=O) groups excluding carboxylic acids is 2. The molecule has 0 bridgehead atoms. The number of carbonyl (C=O) groups is 3. The van der Waals surface area contributed by atoms with Crippen molar-refractivity contribution in [1.82, 2.24) is 15.5 Å². The van der Waals surface area contributed by atoms with Crippen LogP contribution in [-0.4, -0.2) is 54.2 Å². The number of piperidine rings is 1. The molecule has 1 aromatic carbocycles. The van der Waals surface area contributed by atoms with Crippen LogP contribution >= 0.6 is 0 Å². The Morgan fingerprint density at radius 3 is 2.79 bits per heavy atom. The van der Waals surface area contributed by atoms with Crippen molar-refractivity contribution in [2.75, 3.05) is 26.2 Å². The van der Waals surface area contributed by atoms with Crippen LogP contribution in [-0.2, 0) is 16.1 Å². The highest BCUT2D eigenvalue weighted by Crippen LogP contribution is 2.18. The summed E-state index contributed by atoms with van der Waals surface area (Å²) >= 11 is 0. The summed E-state index contributed by atoms with van der Waals surface area (Å²) in [7, 11) is 0. The van der Waals surface area contributed by atoms with Gasteiger partial charge in [0.2, 0.25) is 5.91 Å². The van der Waals surface area contributed by atoms with Crippen molar-refractivity contribution in [2.45, 2.75) is 33.2 Å². The van der Waals surface area contributed by atoms with Crippen LogP contribution in [0, 0.1) is 11.8 Å². The minimum absolute atomic E-state index is 0.0850. The molecule has 0 saturated carbocycles. The number of aliphatic carboxylic acids is 1. The van der Waals surface area contributed by atoms with E-state index in [-0.39, 0.29) is 17.9 Å². The molecule has 1 saturated heterocycles. The smallest absolute Gasteiger partial charge is 0.341 e. The van der Waals surface area contributed by atoms with Crippen molar-refractivity contribution in [1.29, 1.82) is 0 Å². The first kappa shape index (κ1) is 21.5. The third-order valence-corrected chi connectivity index (χ3v) is 4.47. The van der Waals surface area contributed by atoms with Crippen molar-refractivity contribution in [3.63, 3.8) is 0 Å². The zero-order valence-corrected chi connectivity index (χ0v) is 16.4. The lowest BCUT2D eigenvalue weighted by atomic mass is 9.97. The lowest BCUT2D eigenvalue weighted by molar-refractivity contribution is -0.139.